The quantitative estimate of drug-likeness (QED) is 0.329. The smallest absolute Gasteiger partial charge is 0.321 e. The summed E-state index contributed by atoms with van der Waals surface area (Å²) in [4.78, 5) is 20.9. The minimum atomic E-state index is -4.09. The van der Waals surface area contributed by atoms with Gasteiger partial charge in [-0.05, 0) is 12.5 Å². The highest BCUT2D eigenvalue weighted by atomic mass is 32.2. The zero-order valence-corrected chi connectivity index (χ0v) is 11.8. The molecule has 0 saturated carbocycles. The molecule has 1 rings (SSSR count). The van der Waals surface area contributed by atoms with Crippen molar-refractivity contribution in [1.82, 2.24) is 0 Å². The van der Waals surface area contributed by atoms with Crippen LogP contribution in [0.25, 0.3) is 0 Å². The SMILES string of the molecule is CCCCOC(=O)CS(=O)(=O)c1ccccc1[N+](=O)[O-]. The molecule has 20 heavy (non-hydrogen) atoms. The lowest BCUT2D eigenvalue weighted by atomic mass is 10.3. The number of carbonyl (C=O) groups excluding carboxylic acids is 1. The summed E-state index contributed by atoms with van der Waals surface area (Å²) in [6, 6.07) is 4.90. The Morgan fingerprint density at radius 2 is 2.00 bits per heavy atom. The number of nitrogens with zero attached hydrogens (tertiary/aromatic N) is 1. The third kappa shape index (κ3) is 4.30. The molecule has 0 N–H and O–H groups in total. The lowest BCUT2D eigenvalue weighted by molar-refractivity contribution is -0.387. The van der Waals surface area contributed by atoms with Gasteiger partial charge in [0, 0.05) is 6.07 Å². The van der Waals surface area contributed by atoms with E-state index in [0.717, 1.165) is 18.6 Å². The van der Waals surface area contributed by atoms with Crippen molar-refractivity contribution in [3.8, 4) is 0 Å². The number of ether oxygens (including phenoxy) is 1. The largest absolute Gasteiger partial charge is 0.465 e. The maximum Gasteiger partial charge on any atom is 0.321 e. The van der Waals surface area contributed by atoms with E-state index in [1.165, 1.54) is 12.1 Å². The Labute approximate surface area is 116 Å². The fraction of sp³-hybridized carbons (Fsp3) is 0.417. The molecule has 0 unspecified atom stereocenters. The van der Waals surface area contributed by atoms with Crippen molar-refractivity contribution in [2.45, 2.75) is 24.7 Å². The maximum atomic E-state index is 12.0. The van der Waals surface area contributed by atoms with Crippen LogP contribution in [0.15, 0.2) is 29.2 Å². The molecule has 0 radical (unpaired) electrons. The van der Waals surface area contributed by atoms with Crippen LogP contribution in [0.4, 0.5) is 5.69 Å². The molecular weight excluding hydrogens is 286 g/mol. The van der Waals surface area contributed by atoms with Crippen molar-refractivity contribution in [2.24, 2.45) is 0 Å². The van der Waals surface area contributed by atoms with Crippen LogP contribution < -0.4 is 0 Å². The number of rotatable bonds is 7. The second-order valence-corrected chi connectivity index (χ2v) is 6.02. The summed E-state index contributed by atoms with van der Waals surface area (Å²) in [6.45, 7) is 2.04. The van der Waals surface area contributed by atoms with Gasteiger partial charge in [0.2, 0.25) is 0 Å². The molecule has 0 fully saturated rings. The van der Waals surface area contributed by atoms with Gasteiger partial charge in [-0.2, -0.15) is 0 Å². The Morgan fingerprint density at radius 3 is 2.60 bits per heavy atom. The first kappa shape index (κ1) is 16.1. The summed E-state index contributed by atoms with van der Waals surface area (Å²) in [5, 5.41) is 10.8. The third-order valence-corrected chi connectivity index (χ3v) is 4.10. The zero-order chi connectivity index (χ0) is 15.2. The molecule has 0 aliphatic rings. The van der Waals surface area contributed by atoms with Gasteiger partial charge in [-0.1, -0.05) is 25.5 Å². The fourth-order valence-corrected chi connectivity index (χ4v) is 2.77. The monoisotopic (exact) mass is 301 g/mol. The van der Waals surface area contributed by atoms with Crippen LogP contribution in [0.1, 0.15) is 19.8 Å². The van der Waals surface area contributed by atoms with Gasteiger partial charge in [-0.3, -0.25) is 14.9 Å². The Hall–Kier alpha value is -1.96. The highest BCUT2D eigenvalue weighted by Gasteiger charge is 2.28. The Balaban J connectivity index is 2.89. The molecule has 0 bridgehead atoms. The van der Waals surface area contributed by atoms with Crippen LogP contribution >= 0.6 is 0 Å². The van der Waals surface area contributed by atoms with E-state index in [9.17, 15) is 23.3 Å². The number of esters is 1. The second kappa shape index (κ2) is 6.99. The number of para-hydroxylation sites is 1. The first-order valence-electron chi connectivity index (χ1n) is 6.00. The highest BCUT2D eigenvalue weighted by Crippen LogP contribution is 2.24. The van der Waals surface area contributed by atoms with Crippen LogP contribution in [-0.4, -0.2) is 31.7 Å². The lowest BCUT2D eigenvalue weighted by Crippen LogP contribution is -2.20. The number of hydrogen-bond acceptors (Lipinski definition) is 6. The Bertz CT molecular complexity index is 596. The van der Waals surface area contributed by atoms with Crippen molar-refractivity contribution in [3.63, 3.8) is 0 Å². The van der Waals surface area contributed by atoms with Crippen LogP contribution in [0, 0.1) is 10.1 Å². The van der Waals surface area contributed by atoms with Crippen LogP contribution in [0.3, 0.4) is 0 Å². The number of nitro groups is 1. The predicted octanol–water partition coefficient (Wildman–Crippen LogP) is 1.71. The summed E-state index contributed by atoms with van der Waals surface area (Å²) >= 11 is 0. The molecule has 0 atom stereocenters. The van der Waals surface area contributed by atoms with E-state index < -0.39 is 37.1 Å². The summed E-state index contributed by atoms with van der Waals surface area (Å²) < 4.78 is 28.7. The number of nitro benzene ring substituents is 1. The Morgan fingerprint density at radius 1 is 1.35 bits per heavy atom. The van der Waals surface area contributed by atoms with E-state index >= 15 is 0 Å². The molecule has 0 aliphatic heterocycles. The molecule has 0 aliphatic carbocycles. The van der Waals surface area contributed by atoms with Crippen LogP contribution in [-0.2, 0) is 19.4 Å². The number of sulfone groups is 1. The Kier molecular flexibility index (Phi) is 5.63. The average Bonchev–Trinajstić information content (AvgIpc) is 2.38. The second-order valence-electron chi connectivity index (χ2n) is 4.06. The molecule has 0 amide bonds. The van der Waals surface area contributed by atoms with Crippen molar-refractivity contribution in [2.75, 3.05) is 12.4 Å². The topological polar surface area (TPSA) is 104 Å². The van der Waals surface area contributed by atoms with Gasteiger partial charge >= 0.3 is 5.97 Å². The van der Waals surface area contributed by atoms with Crippen molar-refractivity contribution in [3.05, 3.63) is 34.4 Å². The van der Waals surface area contributed by atoms with Gasteiger partial charge in [0.25, 0.3) is 5.69 Å². The van der Waals surface area contributed by atoms with E-state index in [4.69, 9.17) is 4.74 Å². The number of unbranched alkanes of at least 4 members (excludes halogenated alkanes) is 1. The van der Waals surface area contributed by atoms with Crippen LogP contribution in [0.5, 0.6) is 0 Å². The van der Waals surface area contributed by atoms with Gasteiger partial charge in [0.1, 0.15) is 4.90 Å². The standard InChI is InChI=1S/C12H15NO6S/c1-2-3-8-19-12(14)9-20(17,18)11-7-5-4-6-10(11)13(15)16/h4-7H,2-3,8-9H2,1H3. The minimum Gasteiger partial charge on any atom is -0.465 e. The molecule has 7 nitrogen and oxygen atoms in total. The average molecular weight is 301 g/mol. The van der Waals surface area contributed by atoms with E-state index in [-0.39, 0.29) is 6.61 Å². The van der Waals surface area contributed by atoms with E-state index in [1.54, 1.807) is 0 Å². The normalized spacial score (nSPS) is 11.1. The molecule has 0 saturated heterocycles. The van der Waals surface area contributed by atoms with E-state index in [2.05, 4.69) is 0 Å². The first-order chi connectivity index (χ1) is 9.38. The number of benzene rings is 1. The van der Waals surface area contributed by atoms with E-state index in [0.29, 0.717) is 6.42 Å². The van der Waals surface area contributed by atoms with Gasteiger partial charge in [-0.25, -0.2) is 8.42 Å². The van der Waals surface area contributed by atoms with E-state index in [1.807, 2.05) is 6.92 Å². The lowest BCUT2D eigenvalue weighted by Gasteiger charge is -2.06. The first-order valence-corrected chi connectivity index (χ1v) is 7.65. The fourth-order valence-electron chi connectivity index (χ4n) is 1.48. The third-order valence-electron chi connectivity index (χ3n) is 2.47. The van der Waals surface area contributed by atoms with Crippen molar-refractivity contribution < 1.29 is 22.9 Å². The van der Waals surface area contributed by atoms with Gasteiger partial charge < -0.3 is 4.74 Å². The molecule has 110 valence electrons. The molecule has 8 heteroatoms. The molecule has 0 heterocycles. The summed E-state index contributed by atoms with van der Waals surface area (Å²) in [6.07, 6.45) is 1.45. The van der Waals surface area contributed by atoms with Gasteiger partial charge in [0.05, 0.1) is 11.5 Å². The minimum absolute atomic E-state index is 0.141. The number of carbonyl (C=O) groups is 1. The maximum absolute atomic E-state index is 12.0. The molecule has 1 aromatic carbocycles. The molecule has 0 aromatic heterocycles. The zero-order valence-electron chi connectivity index (χ0n) is 10.9. The highest BCUT2D eigenvalue weighted by molar-refractivity contribution is 7.92. The summed E-state index contributed by atoms with van der Waals surface area (Å²) in [5.74, 6) is -1.81. The van der Waals surface area contributed by atoms with Gasteiger partial charge in [0.15, 0.2) is 15.6 Å². The van der Waals surface area contributed by atoms with Gasteiger partial charge in [-0.15, -0.1) is 0 Å². The summed E-state index contributed by atoms with van der Waals surface area (Å²) in [5.41, 5.74) is -0.547. The van der Waals surface area contributed by atoms with Crippen molar-refractivity contribution >= 4 is 21.5 Å². The molecular formula is C12H15NO6S. The number of hydrogen-bond donors (Lipinski definition) is 0. The predicted molar refractivity (Wildman–Crippen MR) is 71.0 cm³/mol. The van der Waals surface area contributed by atoms with Crippen LogP contribution in [0.2, 0.25) is 0 Å². The summed E-state index contributed by atoms with van der Waals surface area (Å²) in [7, 11) is -4.09. The molecule has 0 spiro atoms. The van der Waals surface area contributed by atoms with Crippen molar-refractivity contribution in [1.29, 1.82) is 0 Å². The molecule has 1 aromatic rings.